The van der Waals surface area contributed by atoms with Crippen molar-refractivity contribution in [1.82, 2.24) is 20.2 Å². The molecule has 0 radical (unpaired) electrons. The highest BCUT2D eigenvalue weighted by atomic mass is 19.1. The van der Waals surface area contributed by atoms with Gasteiger partial charge < -0.3 is 10.7 Å². The van der Waals surface area contributed by atoms with Crippen molar-refractivity contribution in [3.05, 3.63) is 65.7 Å². The van der Waals surface area contributed by atoms with Crippen molar-refractivity contribution >= 4 is 22.5 Å². The van der Waals surface area contributed by atoms with Crippen LogP contribution in [-0.2, 0) is 0 Å². The van der Waals surface area contributed by atoms with E-state index >= 15 is 0 Å². The van der Waals surface area contributed by atoms with E-state index < -0.39 is 23.0 Å². The maximum Gasteiger partial charge on any atom is 0.201 e. The lowest BCUT2D eigenvalue weighted by Crippen LogP contribution is -2.09. The van der Waals surface area contributed by atoms with Crippen molar-refractivity contribution in [2.24, 2.45) is 0 Å². The third-order valence-corrected chi connectivity index (χ3v) is 3.96. The molecule has 0 saturated carbocycles. The SMILES string of the molecule is Nc1ccc(F)c(C(=O)c2c[nH]c3ncc(-c4cn[nH]c4)cc23)c1F. The molecule has 3 aromatic heterocycles. The minimum absolute atomic E-state index is 0.108. The Bertz CT molecular complexity index is 1100. The predicted octanol–water partition coefficient (Wildman–Crippen LogP) is 3.04. The number of halogens is 2. The summed E-state index contributed by atoms with van der Waals surface area (Å²) in [5, 5.41) is 7.00. The molecule has 6 nitrogen and oxygen atoms in total. The van der Waals surface area contributed by atoms with Gasteiger partial charge in [0, 0.05) is 40.7 Å². The number of carbonyl (C=O) groups is 1. The molecule has 124 valence electrons. The second kappa shape index (κ2) is 5.52. The molecule has 0 aliphatic carbocycles. The van der Waals surface area contributed by atoms with E-state index in [4.69, 9.17) is 5.73 Å². The molecule has 25 heavy (non-hydrogen) atoms. The number of hydrogen-bond donors (Lipinski definition) is 3. The number of pyridine rings is 1. The van der Waals surface area contributed by atoms with Gasteiger partial charge in [0.15, 0.2) is 5.82 Å². The maximum absolute atomic E-state index is 14.2. The summed E-state index contributed by atoms with van der Waals surface area (Å²) in [6.45, 7) is 0. The van der Waals surface area contributed by atoms with E-state index in [1.165, 1.54) is 6.20 Å². The van der Waals surface area contributed by atoms with Crippen LogP contribution in [0.5, 0.6) is 0 Å². The lowest BCUT2D eigenvalue weighted by molar-refractivity contribution is 0.103. The lowest BCUT2D eigenvalue weighted by atomic mass is 10.0. The minimum Gasteiger partial charge on any atom is -0.396 e. The predicted molar refractivity (Wildman–Crippen MR) is 87.9 cm³/mol. The van der Waals surface area contributed by atoms with Gasteiger partial charge in [0.25, 0.3) is 0 Å². The van der Waals surface area contributed by atoms with Gasteiger partial charge in [0.05, 0.1) is 17.4 Å². The molecule has 8 heteroatoms. The number of nitrogens with two attached hydrogens (primary N) is 1. The molecule has 0 spiro atoms. The Morgan fingerprint density at radius 1 is 1.12 bits per heavy atom. The number of ketones is 1. The van der Waals surface area contributed by atoms with Crippen LogP contribution in [0, 0.1) is 11.6 Å². The Morgan fingerprint density at radius 3 is 2.72 bits per heavy atom. The first-order valence-corrected chi connectivity index (χ1v) is 7.30. The summed E-state index contributed by atoms with van der Waals surface area (Å²) < 4.78 is 28.2. The van der Waals surface area contributed by atoms with Gasteiger partial charge in [-0.2, -0.15) is 5.10 Å². The summed E-state index contributed by atoms with van der Waals surface area (Å²) in [6.07, 6.45) is 6.27. The fraction of sp³-hybridized carbons (Fsp3) is 0. The standard InChI is InChI=1S/C17H11F2N5O/c18-12-1-2-13(20)15(19)14(12)16(25)11-7-22-17-10(11)3-8(4-21-17)9-5-23-24-6-9/h1-7H,20H2,(H,21,22)(H,23,24). The van der Waals surface area contributed by atoms with Crippen molar-refractivity contribution in [3.8, 4) is 11.1 Å². The number of aromatic nitrogens is 4. The van der Waals surface area contributed by atoms with E-state index in [9.17, 15) is 13.6 Å². The second-order valence-corrected chi connectivity index (χ2v) is 5.46. The van der Waals surface area contributed by atoms with E-state index in [2.05, 4.69) is 20.2 Å². The van der Waals surface area contributed by atoms with Crippen LogP contribution in [-0.4, -0.2) is 25.9 Å². The van der Waals surface area contributed by atoms with E-state index in [0.29, 0.717) is 16.6 Å². The monoisotopic (exact) mass is 339 g/mol. The number of hydrogen-bond acceptors (Lipinski definition) is 4. The molecule has 0 amide bonds. The Labute approximate surface area is 139 Å². The first-order valence-electron chi connectivity index (χ1n) is 7.30. The third kappa shape index (κ3) is 2.35. The van der Waals surface area contributed by atoms with E-state index in [1.807, 2.05) is 0 Å². The summed E-state index contributed by atoms with van der Waals surface area (Å²) in [5.74, 6) is -2.84. The minimum atomic E-state index is -1.07. The largest absolute Gasteiger partial charge is 0.396 e. The highest BCUT2D eigenvalue weighted by Gasteiger charge is 2.23. The van der Waals surface area contributed by atoms with Gasteiger partial charge in [-0.15, -0.1) is 0 Å². The third-order valence-electron chi connectivity index (χ3n) is 3.96. The maximum atomic E-state index is 14.2. The molecule has 3 heterocycles. The molecule has 1 aromatic carbocycles. The van der Waals surface area contributed by atoms with Gasteiger partial charge in [0.1, 0.15) is 11.5 Å². The van der Waals surface area contributed by atoms with Crippen molar-refractivity contribution in [1.29, 1.82) is 0 Å². The van der Waals surface area contributed by atoms with Gasteiger partial charge in [-0.1, -0.05) is 0 Å². The van der Waals surface area contributed by atoms with Crippen LogP contribution in [0.2, 0.25) is 0 Å². The highest BCUT2D eigenvalue weighted by molar-refractivity contribution is 6.16. The number of rotatable bonds is 3. The quantitative estimate of drug-likeness (QED) is 0.394. The molecule has 0 bridgehead atoms. The topological polar surface area (TPSA) is 100 Å². The van der Waals surface area contributed by atoms with Crippen LogP contribution in [0.15, 0.2) is 43.0 Å². The van der Waals surface area contributed by atoms with Crippen LogP contribution in [0.25, 0.3) is 22.2 Å². The zero-order valence-electron chi connectivity index (χ0n) is 12.7. The summed E-state index contributed by atoms with van der Waals surface area (Å²) in [7, 11) is 0. The summed E-state index contributed by atoms with van der Waals surface area (Å²) in [5.41, 5.74) is 6.51. The van der Waals surface area contributed by atoms with Gasteiger partial charge in [-0.25, -0.2) is 13.8 Å². The molecule has 0 fully saturated rings. The first kappa shape index (κ1) is 15.0. The summed E-state index contributed by atoms with van der Waals surface area (Å²) in [6, 6.07) is 3.75. The molecule has 0 aliphatic heterocycles. The molecule has 4 N–H and O–H groups in total. The molecular formula is C17H11F2N5O. The number of aromatic amines is 2. The van der Waals surface area contributed by atoms with Crippen LogP contribution in [0.4, 0.5) is 14.5 Å². The smallest absolute Gasteiger partial charge is 0.201 e. The van der Waals surface area contributed by atoms with E-state index in [1.54, 1.807) is 24.7 Å². The molecule has 0 atom stereocenters. The normalized spacial score (nSPS) is 11.1. The average Bonchev–Trinajstić information content (AvgIpc) is 3.27. The summed E-state index contributed by atoms with van der Waals surface area (Å²) >= 11 is 0. The zero-order chi connectivity index (χ0) is 17.6. The van der Waals surface area contributed by atoms with Crippen molar-refractivity contribution < 1.29 is 13.6 Å². The van der Waals surface area contributed by atoms with Crippen molar-refractivity contribution in [3.63, 3.8) is 0 Å². The number of benzene rings is 1. The molecule has 4 rings (SSSR count). The van der Waals surface area contributed by atoms with Crippen molar-refractivity contribution in [2.45, 2.75) is 0 Å². The van der Waals surface area contributed by atoms with Gasteiger partial charge in [-0.05, 0) is 18.2 Å². The number of anilines is 1. The Morgan fingerprint density at radius 2 is 1.96 bits per heavy atom. The van der Waals surface area contributed by atoms with Gasteiger partial charge >= 0.3 is 0 Å². The Kier molecular flexibility index (Phi) is 3.31. The average molecular weight is 339 g/mol. The van der Waals surface area contributed by atoms with E-state index in [0.717, 1.165) is 17.7 Å². The number of nitrogen functional groups attached to an aromatic ring is 1. The summed E-state index contributed by atoms with van der Waals surface area (Å²) in [4.78, 5) is 19.8. The van der Waals surface area contributed by atoms with Crippen molar-refractivity contribution in [2.75, 3.05) is 5.73 Å². The van der Waals surface area contributed by atoms with Crippen LogP contribution < -0.4 is 5.73 Å². The number of H-pyrrole nitrogens is 2. The molecule has 0 aliphatic rings. The number of carbonyl (C=O) groups excluding carboxylic acids is 1. The number of fused-ring (bicyclic) bond motifs is 1. The zero-order valence-corrected chi connectivity index (χ0v) is 12.7. The van der Waals surface area contributed by atoms with Crippen LogP contribution in [0.3, 0.4) is 0 Å². The molecule has 4 aromatic rings. The Hall–Kier alpha value is -3.55. The fourth-order valence-corrected chi connectivity index (χ4v) is 2.67. The number of nitrogens with zero attached hydrogens (tertiary/aromatic N) is 2. The van der Waals surface area contributed by atoms with Gasteiger partial charge in [-0.3, -0.25) is 9.89 Å². The van der Waals surface area contributed by atoms with Crippen LogP contribution in [0.1, 0.15) is 15.9 Å². The fourth-order valence-electron chi connectivity index (χ4n) is 2.67. The van der Waals surface area contributed by atoms with Crippen LogP contribution >= 0.6 is 0 Å². The highest BCUT2D eigenvalue weighted by Crippen LogP contribution is 2.28. The lowest BCUT2D eigenvalue weighted by Gasteiger charge is -2.06. The van der Waals surface area contributed by atoms with E-state index in [-0.39, 0.29) is 11.3 Å². The first-order chi connectivity index (χ1) is 12.1. The molecular weight excluding hydrogens is 328 g/mol. The Balaban J connectivity index is 1.89. The molecule has 0 unspecified atom stereocenters. The second-order valence-electron chi connectivity index (χ2n) is 5.46. The van der Waals surface area contributed by atoms with Gasteiger partial charge in [0.2, 0.25) is 5.78 Å². The molecule has 0 saturated heterocycles. The number of nitrogens with one attached hydrogen (secondary N) is 2.